The van der Waals surface area contributed by atoms with Crippen LogP contribution in [0, 0.1) is 0 Å². The molecule has 198 valence electrons. The number of hydrogen-bond donors (Lipinski definition) is 0. The lowest BCUT2D eigenvalue weighted by Crippen LogP contribution is -2.35. The number of unbranched alkanes of at least 4 members (excludes halogenated alkanes) is 3. The number of carbonyl (C=O) groups is 4. The number of esters is 2. The molecule has 1 fully saturated rings. The lowest BCUT2D eigenvalue weighted by Gasteiger charge is -2.15. The van der Waals surface area contributed by atoms with Crippen LogP contribution in [-0.2, 0) is 33.3 Å². The van der Waals surface area contributed by atoms with E-state index in [1.165, 1.54) is 7.11 Å². The summed E-state index contributed by atoms with van der Waals surface area (Å²) in [6, 6.07) is 10.6. The molecule has 1 heterocycles. The van der Waals surface area contributed by atoms with Crippen molar-refractivity contribution in [3.63, 3.8) is 0 Å². The normalized spacial score (nSPS) is 15.2. The van der Waals surface area contributed by atoms with Gasteiger partial charge in [0, 0.05) is 13.2 Å². The van der Waals surface area contributed by atoms with E-state index in [1.54, 1.807) is 18.2 Å². The minimum atomic E-state index is -1.18. The molecule has 0 aromatic heterocycles. The first kappa shape index (κ1) is 27.8. The van der Waals surface area contributed by atoms with Gasteiger partial charge in [0.05, 0.1) is 25.2 Å². The van der Waals surface area contributed by atoms with Crippen LogP contribution in [0.25, 0.3) is 10.8 Å². The largest absolute Gasteiger partial charge is 0.494 e. The van der Waals surface area contributed by atoms with E-state index in [0.717, 1.165) is 47.4 Å². The van der Waals surface area contributed by atoms with Gasteiger partial charge in [0.15, 0.2) is 6.10 Å². The molecule has 0 radical (unpaired) electrons. The number of imide groups is 1. The lowest BCUT2D eigenvalue weighted by atomic mass is 10.1. The molecule has 2 amide bonds. The van der Waals surface area contributed by atoms with E-state index in [0.29, 0.717) is 19.0 Å². The second-order valence-electron chi connectivity index (χ2n) is 8.36. The fourth-order valence-corrected chi connectivity index (χ4v) is 3.71. The Balaban J connectivity index is 1.46. The van der Waals surface area contributed by atoms with E-state index in [9.17, 15) is 19.2 Å². The smallest absolute Gasteiger partial charge is 0.338 e. The van der Waals surface area contributed by atoms with Crippen molar-refractivity contribution in [2.45, 2.75) is 38.2 Å². The summed E-state index contributed by atoms with van der Waals surface area (Å²) in [6.45, 7) is 3.98. The number of amides is 2. The number of carbonyl (C=O) groups excluding carboxylic acids is 4. The van der Waals surface area contributed by atoms with E-state index in [4.69, 9.17) is 23.7 Å². The third kappa shape index (κ3) is 8.12. The van der Waals surface area contributed by atoms with E-state index in [1.807, 2.05) is 18.2 Å². The molecule has 3 rings (SSSR count). The summed E-state index contributed by atoms with van der Waals surface area (Å²) in [5, 5.41) is 1.69. The zero-order valence-corrected chi connectivity index (χ0v) is 20.8. The zero-order valence-electron chi connectivity index (χ0n) is 20.8. The van der Waals surface area contributed by atoms with Gasteiger partial charge in [0.2, 0.25) is 5.91 Å². The Labute approximate surface area is 215 Å². The van der Waals surface area contributed by atoms with E-state index >= 15 is 0 Å². The molecular formula is C27H31NO9. The molecule has 0 N–H and O–H groups in total. The van der Waals surface area contributed by atoms with Gasteiger partial charge in [0.1, 0.15) is 19.3 Å². The zero-order chi connectivity index (χ0) is 26.6. The highest BCUT2D eigenvalue weighted by Gasteiger charge is 2.41. The molecule has 37 heavy (non-hydrogen) atoms. The third-order valence-corrected chi connectivity index (χ3v) is 5.64. The monoisotopic (exact) mass is 513 g/mol. The lowest BCUT2D eigenvalue weighted by molar-refractivity contribution is -0.151. The molecule has 10 heteroatoms. The van der Waals surface area contributed by atoms with Crippen LogP contribution >= 0.6 is 0 Å². The van der Waals surface area contributed by atoms with Gasteiger partial charge in [-0.15, -0.1) is 0 Å². The van der Waals surface area contributed by atoms with Crippen molar-refractivity contribution in [1.82, 2.24) is 4.90 Å². The highest BCUT2D eigenvalue weighted by Crippen LogP contribution is 2.24. The Morgan fingerprint density at radius 1 is 1.03 bits per heavy atom. The number of benzene rings is 2. The van der Waals surface area contributed by atoms with Crippen molar-refractivity contribution in [3.8, 4) is 5.75 Å². The van der Waals surface area contributed by atoms with Crippen LogP contribution in [0.4, 0.5) is 0 Å². The summed E-state index contributed by atoms with van der Waals surface area (Å²) in [4.78, 5) is 49.0. The van der Waals surface area contributed by atoms with Crippen LogP contribution in [0.5, 0.6) is 5.75 Å². The van der Waals surface area contributed by atoms with Crippen molar-refractivity contribution in [1.29, 1.82) is 0 Å². The van der Waals surface area contributed by atoms with Gasteiger partial charge in [-0.25, -0.2) is 9.59 Å². The quantitative estimate of drug-likeness (QED) is 0.116. The second kappa shape index (κ2) is 14.1. The Hall–Kier alpha value is -3.76. The highest BCUT2D eigenvalue weighted by molar-refractivity contribution is 6.06. The average Bonchev–Trinajstić information content (AvgIpc) is 3.16. The van der Waals surface area contributed by atoms with Crippen LogP contribution in [-0.4, -0.2) is 68.6 Å². The summed E-state index contributed by atoms with van der Waals surface area (Å²) in [6.07, 6.45) is 3.31. The number of hydrogen-bond acceptors (Lipinski definition) is 9. The van der Waals surface area contributed by atoms with Gasteiger partial charge in [-0.05, 0) is 60.7 Å². The maximum Gasteiger partial charge on any atom is 0.338 e. The molecule has 1 saturated heterocycles. The predicted octanol–water partition coefficient (Wildman–Crippen LogP) is 3.37. The Morgan fingerprint density at radius 3 is 2.51 bits per heavy atom. The van der Waals surface area contributed by atoms with Gasteiger partial charge in [-0.1, -0.05) is 18.7 Å². The summed E-state index contributed by atoms with van der Waals surface area (Å²) in [7, 11) is 1.42. The first-order valence-electron chi connectivity index (χ1n) is 12.0. The number of methoxy groups -OCH3 is 1. The van der Waals surface area contributed by atoms with Crippen LogP contribution in [0.3, 0.4) is 0 Å². The number of rotatable bonds is 15. The summed E-state index contributed by atoms with van der Waals surface area (Å²) < 4.78 is 25.9. The SMILES string of the molecule is C=CC(=O)OCCCCCCOc1ccc2cc(C(=O)OC3CC(=O)N(COCOC)C3=O)ccc2c1. The maximum atomic E-state index is 12.6. The molecule has 10 nitrogen and oxygen atoms in total. The first-order valence-corrected chi connectivity index (χ1v) is 12.0. The van der Waals surface area contributed by atoms with Crippen molar-refractivity contribution < 1.29 is 42.9 Å². The fraction of sp³-hybridized carbons (Fsp3) is 0.407. The van der Waals surface area contributed by atoms with Crippen LogP contribution in [0.1, 0.15) is 42.5 Å². The molecule has 1 aliphatic heterocycles. The molecule has 2 aromatic rings. The predicted molar refractivity (Wildman–Crippen MR) is 133 cm³/mol. The highest BCUT2D eigenvalue weighted by atomic mass is 16.7. The molecule has 1 unspecified atom stereocenters. The average molecular weight is 514 g/mol. The van der Waals surface area contributed by atoms with Crippen LogP contribution in [0.15, 0.2) is 49.1 Å². The maximum absolute atomic E-state index is 12.6. The third-order valence-electron chi connectivity index (χ3n) is 5.64. The number of ether oxygens (including phenoxy) is 5. The summed E-state index contributed by atoms with van der Waals surface area (Å²) in [5.41, 5.74) is 0.272. The van der Waals surface area contributed by atoms with Crippen molar-refractivity contribution in [2.24, 2.45) is 0 Å². The van der Waals surface area contributed by atoms with Crippen LogP contribution in [0.2, 0.25) is 0 Å². The summed E-state index contributed by atoms with van der Waals surface area (Å²) >= 11 is 0. The summed E-state index contributed by atoms with van der Waals surface area (Å²) in [5.74, 6) is -1.46. The Morgan fingerprint density at radius 2 is 1.76 bits per heavy atom. The second-order valence-corrected chi connectivity index (χ2v) is 8.36. The molecule has 0 bridgehead atoms. The number of likely N-dealkylation sites (tertiary alicyclic amines) is 1. The topological polar surface area (TPSA) is 118 Å². The Kier molecular flexibility index (Phi) is 10.6. The van der Waals surface area contributed by atoms with Gasteiger partial charge in [-0.2, -0.15) is 0 Å². The molecule has 2 aromatic carbocycles. The number of fused-ring (bicyclic) bond motifs is 1. The minimum absolute atomic E-state index is 0.0675. The van der Waals surface area contributed by atoms with Crippen LogP contribution < -0.4 is 4.74 Å². The van der Waals surface area contributed by atoms with Crippen molar-refractivity contribution in [3.05, 3.63) is 54.6 Å². The molecular weight excluding hydrogens is 482 g/mol. The Bertz CT molecular complexity index is 1130. The van der Waals surface area contributed by atoms with Crippen molar-refractivity contribution >= 4 is 34.5 Å². The molecule has 0 saturated carbocycles. The van der Waals surface area contributed by atoms with E-state index < -0.39 is 29.9 Å². The minimum Gasteiger partial charge on any atom is -0.494 e. The standard InChI is InChI=1S/C27H31NO9/c1-3-25(30)36-13-7-5-4-6-12-35-22-11-10-19-14-21(9-8-20(19)15-22)27(32)37-23-16-24(29)28(26(23)31)17-34-18-33-2/h3,8-11,14-15,23H,1,4-7,12-13,16-18H2,2H3. The van der Waals surface area contributed by atoms with E-state index in [-0.39, 0.29) is 25.5 Å². The fourth-order valence-electron chi connectivity index (χ4n) is 3.71. The van der Waals surface area contributed by atoms with E-state index in [2.05, 4.69) is 6.58 Å². The number of nitrogens with zero attached hydrogens (tertiary/aromatic N) is 1. The molecule has 0 spiro atoms. The molecule has 1 aliphatic rings. The van der Waals surface area contributed by atoms with Gasteiger partial charge < -0.3 is 23.7 Å². The van der Waals surface area contributed by atoms with Gasteiger partial charge >= 0.3 is 11.9 Å². The first-order chi connectivity index (χ1) is 17.9. The molecule has 0 aliphatic carbocycles. The molecule has 1 atom stereocenters. The van der Waals surface area contributed by atoms with Gasteiger partial charge in [-0.3, -0.25) is 14.5 Å². The van der Waals surface area contributed by atoms with Gasteiger partial charge in [0.25, 0.3) is 5.91 Å². The van der Waals surface area contributed by atoms with Crippen molar-refractivity contribution in [2.75, 3.05) is 33.8 Å².